The van der Waals surface area contributed by atoms with Gasteiger partial charge in [0.1, 0.15) is 5.25 Å². The monoisotopic (exact) mass is 397 g/mol. The van der Waals surface area contributed by atoms with Crippen molar-refractivity contribution in [2.24, 2.45) is 4.99 Å². The standard InChI is InChI=1S/C20H19N3O4S/c1-2-21-20(22-14-6-4-3-5-7-14)28-16-12-17(24)23(18(16)25)15-10-8-13(9-11-15)19(26)27/h3-11,16H,2,12H2,1H3,(H,21,22)(H,26,27)/t16-/m0/s1. The topological polar surface area (TPSA) is 99.1 Å². The minimum atomic E-state index is -1.06. The summed E-state index contributed by atoms with van der Waals surface area (Å²) in [5.41, 5.74) is 1.31. The van der Waals surface area contributed by atoms with Gasteiger partial charge >= 0.3 is 5.97 Å². The van der Waals surface area contributed by atoms with Crippen LogP contribution in [0.5, 0.6) is 0 Å². The molecule has 1 aliphatic rings. The minimum Gasteiger partial charge on any atom is -0.478 e. The van der Waals surface area contributed by atoms with Crippen LogP contribution in [0.3, 0.4) is 0 Å². The van der Waals surface area contributed by atoms with Crippen LogP contribution in [-0.4, -0.2) is 39.9 Å². The first kappa shape index (κ1) is 19.6. The molecule has 0 aliphatic carbocycles. The van der Waals surface area contributed by atoms with Gasteiger partial charge in [0, 0.05) is 18.7 Å². The van der Waals surface area contributed by atoms with Crippen LogP contribution in [0.1, 0.15) is 23.7 Å². The zero-order chi connectivity index (χ0) is 20.1. The second-order valence-corrected chi connectivity index (χ2v) is 7.19. The SMILES string of the molecule is CCN=C(Nc1ccccc1)S[C@H]1CC(=O)N(c2ccc(C(=O)O)cc2)C1=O. The van der Waals surface area contributed by atoms with Crippen molar-refractivity contribution in [2.45, 2.75) is 18.6 Å². The summed E-state index contributed by atoms with van der Waals surface area (Å²) in [7, 11) is 0. The van der Waals surface area contributed by atoms with E-state index in [1.807, 2.05) is 37.3 Å². The summed E-state index contributed by atoms with van der Waals surface area (Å²) in [6.07, 6.45) is 0.0589. The van der Waals surface area contributed by atoms with Crippen molar-refractivity contribution >= 4 is 46.1 Å². The van der Waals surface area contributed by atoms with Crippen LogP contribution >= 0.6 is 11.8 Å². The number of carboxylic acid groups (broad SMARTS) is 1. The van der Waals surface area contributed by atoms with Gasteiger partial charge in [0.05, 0.1) is 11.3 Å². The number of carbonyl (C=O) groups is 3. The number of carbonyl (C=O) groups excluding carboxylic acids is 2. The second-order valence-electron chi connectivity index (χ2n) is 6.00. The van der Waals surface area contributed by atoms with Crippen LogP contribution in [0.25, 0.3) is 0 Å². The van der Waals surface area contributed by atoms with E-state index >= 15 is 0 Å². The second kappa shape index (κ2) is 8.71. The predicted octanol–water partition coefficient (Wildman–Crippen LogP) is 3.24. The number of imide groups is 1. The summed E-state index contributed by atoms with van der Waals surface area (Å²) < 4.78 is 0. The van der Waals surface area contributed by atoms with Crippen LogP contribution in [0.4, 0.5) is 11.4 Å². The highest BCUT2D eigenvalue weighted by Crippen LogP contribution is 2.31. The lowest BCUT2D eigenvalue weighted by atomic mass is 10.2. The molecule has 7 nitrogen and oxygen atoms in total. The number of hydrogen-bond acceptors (Lipinski definition) is 5. The molecule has 1 aliphatic heterocycles. The van der Waals surface area contributed by atoms with Crippen molar-refractivity contribution in [3.63, 3.8) is 0 Å². The number of amides is 2. The first-order chi connectivity index (χ1) is 13.5. The Bertz CT molecular complexity index is 913. The quantitative estimate of drug-likeness (QED) is 0.457. The Morgan fingerprint density at radius 1 is 1.18 bits per heavy atom. The molecule has 0 aromatic heterocycles. The van der Waals surface area contributed by atoms with E-state index in [-0.39, 0.29) is 23.8 Å². The number of anilines is 2. The van der Waals surface area contributed by atoms with E-state index < -0.39 is 11.2 Å². The predicted molar refractivity (Wildman–Crippen MR) is 110 cm³/mol. The number of thioether (sulfide) groups is 1. The lowest BCUT2D eigenvalue weighted by Crippen LogP contribution is -2.31. The van der Waals surface area contributed by atoms with Gasteiger partial charge in [-0.1, -0.05) is 30.0 Å². The molecule has 1 heterocycles. The summed E-state index contributed by atoms with van der Waals surface area (Å²) in [5, 5.41) is 12.2. The third kappa shape index (κ3) is 4.40. The van der Waals surface area contributed by atoms with Crippen molar-refractivity contribution < 1.29 is 19.5 Å². The van der Waals surface area contributed by atoms with Gasteiger partial charge < -0.3 is 10.4 Å². The smallest absolute Gasteiger partial charge is 0.335 e. The molecule has 3 rings (SSSR count). The van der Waals surface area contributed by atoms with Crippen molar-refractivity contribution in [1.29, 1.82) is 0 Å². The number of aliphatic imine (C=N–C) groups is 1. The third-order valence-corrected chi connectivity index (χ3v) is 5.17. The largest absolute Gasteiger partial charge is 0.478 e. The molecule has 2 amide bonds. The van der Waals surface area contributed by atoms with E-state index in [9.17, 15) is 14.4 Å². The summed E-state index contributed by atoms with van der Waals surface area (Å²) in [4.78, 5) is 41.7. The Hall–Kier alpha value is -3.13. The Kier molecular flexibility index (Phi) is 6.10. The van der Waals surface area contributed by atoms with Crippen molar-refractivity contribution in [3.8, 4) is 0 Å². The van der Waals surface area contributed by atoms with Gasteiger partial charge in [-0.3, -0.25) is 14.6 Å². The molecule has 8 heteroatoms. The number of nitrogens with one attached hydrogen (secondary N) is 1. The summed E-state index contributed by atoms with van der Waals surface area (Å²) >= 11 is 1.22. The zero-order valence-corrected chi connectivity index (χ0v) is 16.0. The number of carboxylic acids is 1. The maximum absolute atomic E-state index is 12.8. The highest BCUT2D eigenvalue weighted by molar-refractivity contribution is 8.15. The molecular formula is C20H19N3O4S. The van der Waals surface area contributed by atoms with Gasteiger partial charge in [0.25, 0.3) is 0 Å². The summed E-state index contributed by atoms with van der Waals surface area (Å²) in [6.45, 7) is 2.43. The van der Waals surface area contributed by atoms with Gasteiger partial charge in [-0.25, -0.2) is 9.69 Å². The number of aromatic carboxylic acids is 1. The Balaban J connectivity index is 1.74. The number of nitrogens with zero attached hydrogens (tertiary/aromatic N) is 2. The van der Waals surface area contributed by atoms with Crippen LogP contribution < -0.4 is 10.2 Å². The van der Waals surface area contributed by atoms with Crippen LogP contribution in [0.15, 0.2) is 59.6 Å². The number of para-hydroxylation sites is 1. The van der Waals surface area contributed by atoms with Gasteiger partial charge in [-0.05, 0) is 43.3 Å². The van der Waals surface area contributed by atoms with Gasteiger partial charge in [0.2, 0.25) is 11.8 Å². The highest BCUT2D eigenvalue weighted by Gasteiger charge is 2.40. The molecule has 0 spiro atoms. The van der Waals surface area contributed by atoms with Gasteiger partial charge in [0.15, 0.2) is 5.17 Å². The van der Waals surface area contributed by atoms with Crippen molar-refractivity contribution in [2.75, 3.05) is 16.8 Å². The number of rotatable bonds is 5. The minimum absolute atomic E-state index is 0.0589. The summed E-state index contributed by atoms with van der Waals surface area (Å²) in [6, 6.07) is 15.2. The molecule has 2 N–H and O–H groups in total. The lowest BCUT2D eigenvalue weighted by molar-refractivity contribution is -0.121. The average molecular weight is 397 g/mol. The van der Waals surface area contributed by atoms with E-state index in [2.05, 4.69) is 10.3 Å². The van der Waals surface area contributed by atoms with Crippen molar-refractivity contribution in [1.82, 2.24) is 0 Å². The zero-order valence-electron chi connectivity index (χ0n) is 15.2. The van der Waals surface area contributed by atoms with E-state index in [0.29, 0.717) is 17.4 Å². The molecule has 0 saturated carbocycles. The van der Waals surface area contributed by atoms with Gasteiger partial charge in [-0.15, -0.1) is 0 Å². The molecule has 1 saturated heterocycles. The number of benzene rings is 2. The molecule has 0 radical (unpaired) electrons. The van der Waals surface area contributed by atoms with Crippen LogP contribution in [-0.2, 0) is 9.59 Å². The highest BCUT2D eigenvalue weighted by atomic mass is 32.2. The average Bonchev–Trinajstić information content (AvgIpc) is 2.96. The third-order valence-electron chi connectivity index (χ3n) is 4.06. The maximum Gasteiger partial charge on any atom is 0.335 e. The molecule has 28 heavy (non-hydrogen) atoms. The fraction of sp³-hybridized carbons (Fsp3) is 0.200. The fourth-order valence-corrected chi connectivity index (χ4v) is 3.83. The molecule has 1 atom stereocenters. The van der Waals surface area contributed by atoms with Gasteiger partial charge in [-0.2, -0.15) is 0 Å². The molecule has 2 aromatic rings. The first-order valence-electron chi connectivity index (χ1n) is 8.73. The van der Waals surface area contributed by atoms with E-state index in [4.69, 9.17) is 5.11 Å². The summed E-state index contributed by atoms with van der Waals surface area (Å²) in [5.74, 6) is -1.72. The number of amidine groups is 1. The van der Waals surface area contributed by atoms with E-state index in [0.717, 1.165) is 10.6 Å². The Morgan fingerprint density at radius 3 is 2.46 bits per heavy atom. The Morgan fingerprint density at radius 2 is 1.86 bits per heavy atom. The maximum atomic E-state index is 12.8. The first-order valence-corrected chi connectivity index (χ1v) is 9.61. The van der Waals surface area contributed by atoms with Crippen molar-refractivity contribution in [3.05, 3.63) is 60.2 Å². The molecule has 0 unspecified atom stereocenters. The molecular weight excluding hydrogens is 378 g/mol. The number of hydrogen-bond donors (Lipinski definition) is 2. The molecule has 144 valence electrons. The van der Waals surface area contributed by atoms with E-state index in [1.165, 1.54) is 36.0 Å². The lowest BCUT2D eigenvalue weighted by Gasteiger charge is -2.16. The van der Waals surface area contributed by atoms with Crippen LogP contribution in [0.2, 0.25) is 0 Å². The normalized spacial score (nSPS) is 17.1. The Labute approximate surface area is 166 Å². The molecule has 0 bridgehead atoms. The molecule has 1 fully saturated rings. The fourth-order valence-electron chi connectivity index (χ4n) is 2.75. The van der Waals surface area contributed by atoms with Crippen LogP contribution in [0, 0.1) is 0 Å². The molecule has 2 aromatic carbocycles. The van der Waals surface area contributed by atoms with E-state index in [1.54, 1.807) is 0 Å².